The molecule has 0 aliphatic carbocycles. The van der Waals surface area contributed by atoms with Crippen molar-refractivity contribution in [3.63, 3.8) is 0 Å². The summed E-state index contributed by atoms with van der Waals surface area (Å²) in [6.07, 6.45) is 3.88. The second-order valence-corrected chi connectivity index (χ2v) is 6.11. The fraction of sp³-hybridized carbons (Fsp3) is 0.471. The van der Waals surface area contributed by atoms with Crippen molar-refractivity contribution in [3.8, 4) is 0 Å². The number of rotatable bonds is 4. The van der Waals surface area contributed by atoms with Gasteiger partial charge >= 0.3 is 0 Å². The van der Waals surface area contributed by atoms with Crippen LogP contribution in [0.1, 0.15) is 19.3 Å². The standard InChI is InChI=1S/C17H24N4/c1-21-10-7-13(8-11-21)6-9-19-17-5-2-14-12-15(18)3-4-16(14)20-17/h2-5,12-13H,6-11,18H2,1H3,(H,19,20). The molecule has 1 aliphatic rings. The van der Waals surface area contributed by atoms with E-state index in [2.05, 4.69) is 28.3 Å². The highest BCUT2D eigenvalue weighted by Crippen LogP contribution is 2.21. The number of anilines is 2. The lowest BCUT2D eigenvalue weighted by Crippen LogP contribution is -2.30. The number of hydrogen-bond acceptors (Lipinski definition) is 4. The third-order valence-electron chi connectivity index (χ3n) is 4.41. The van der Waals surface area contributed by atoms with Crippen LogP contribution < -0.4 is 11.1 Å². The van der Waals surface area contributed by atoms with Crippen LogP contribution in [0.15, 0.2) is 30.3 Å². The van der Waals surface area contributed by atoms with Crippen molar-refractivity contribution in [3.05, 3.63) is 30.3 Å². The normalized spacial score (nSPS) is 17.2. The van der Waals surface area contributed by atoms with E-state index in [0.717, 1.165) is 34.9 Å². The first-order chi connectivity index (χ1) is 10.2. The van der Waals surface area contributed by atoms with Gasteiger partial charge in [-0.25, -0.2) is 4.98 Å². The topological polar surface area (TPSA) is 54.2 Å². The van der Waals surface area contributed by atoms with Crippen LogP contribution in [0, 0.1) is 5.92 Å². The van der Waals surface area contributed by atoms with Crippen molar-refractivity contribution in [1.82, 2.24) is 9.88 Å². The van der Waals surface area contributed by atoms with Gasteiger partial charge in [0.25, 0.3) is 0 Å². The number of nitrogens with two attached hydrogens (primary N) is 1. The van der Waals surface area contributed by atoms with Crippen molar-refractivity contribution >= 4 is 22.4 Å². The van der Waals surface area contributed by atoms with E-state index in [4.69, 9.17) is 5.73 Å². The van der Waals surface area contributed by atoms with Gasteiger partial charge < -0.3 is 16.0 Å². The van der Waals surface area contributed by atoms with Crippen molar-refractivity contribution in [1.29, 1.82) is 0 Å². The molecule has 0 unspecified atom stereocenters. The maximum Gasteiger partial charge on any atom is 0.126 e. The van der Waals surface area contributed by atoms with E-state index < -0.39 is 0 Å². The first-order valence-electron chi connectivity index (χ1n) is 7.79. The van der Waals surface area contributed by atoms with E-state index in [0.29, 0.717) is 0 Å². The Morgan fingerprint density at radius 1 is 1.24 bits per heavy atom. The Balaban J connectivity index is 1.54. The number of likely N-dealkylation sites (tertiary alicyclic amines) is 1. The molecule has 1 aromatic heterocycles. The highest BCUT2D eigenvalue weighted by Gasteiger charge is 2.15. The molecule has 1 aromatic carbocycles. The number of aromatic nitrogens is 1. The minimum Gasteiger partial charge on any atom is -0.399 e. The molecule has 0 saturated carbocycles. The lowest BCUT2D eigenvalue weighted by molar-refractivity contribution is 0.215. The van der Waals surface area contributed by atoms with Gasteiger partial charge in [-0.15, -0.1) is 0 Å². The van der Waals surface area contributed by atoms with Gasteiger partial charge in [-0.05, 0) is 75.6 Å². The summed E-state index contributed by atoms with van der Waals surface area (Å²) in [5.41, 5.74) is 7.57. The zero-order chi connectivity index (χ0) is 14.7. The van der Waals surface area contributed by atoms with E-state index in [1.165, 1.54) is 32.4 Å². The second kappa shape index (κ2) is 6.31. The monoisotopic (exact) mass is 284 g/mol. The molecule has 1 saturated heterocycles. The van der Waals surface area contributed by atoms with Crippen molar-refractivity contribution < 1.29 is 0 Å². The molecule has 0 bridgehead atoms. The molecule has 2 aromatic rings. The molecule has 0 amide bonds. The van der Waals surface area contributed by atoms with Crippen molar-refractivity contribution in [2.45, 2.75) is 19.3 Å². The number of fused-ring (bicyclic) bond motifs is 1. The minimum absolute atomic E-state index is 0.785. The summed E-state index contributed by atoms with van der Waals surface area (Å²) in [5, 5.41) is 4.55. The predicted molar refractivity (Wildman–Crippen MR) is 89.5 cm³/mol. The molecule has 0 atom stereocenters. The Bertz CT molecular complexity index is 603. The zero-order valence-corrected chi connectivity index (χ0v) is 12.7. The molecular formula is C17H24N4. The summed E-state index contributed by atoms with van der Waals surface area (Å²) in [7, 11) is 2.21. The quantitative estimate of drug-likeness (QED) is 0.848. The van der Waals surface area contributed by atoms with Crippen LogP contribution in [-0.4, -0.2) is 36.6 Å². The van der Waals surface area contributed by atoms with Crippen LogP contribution in [-0.2, 0) is 0 Å². The number of hydrogen-bond donors (Lipinski definition) is 2. The molecular weight excluding hydrogens is 260 g/mol. The number of nitrogen functional groups attached to an aromatic ring is 1. The molecule has 3 N–H and O–H groups in total. The Morgan fingerprint density at radius 3 is 2.86 bits per heavy atom. The van der Waals surface area contributed by atoms with Crippen LogP contribution in [0.3, 0.4) is 0 Å². The lowest BCUT2D eigenvalue weighted by atomic mass is 9.94. The van der Waals surface area contributed by atoms with Crippen molar-refractivity contribution in [2.75, 3.05) is 37.7 Å². The average Bonchev–Trinajstić information content (AvgIpc) is 2.49. The van der Waals surface area contributed by atoms with E-state index in [-0.39, 0.29) is 0 Å². The molecule has 0 spiro atoms. The summed E-state index contributed by atoms with van der Waals surface area (Å²) in [5.74, 6) is 1.81. The zero-order valence-electron chi connectivity index (χ0n) is 12.7. The van der Waals surface area contributed by atoms with Gasteiger partial charge in [0.2, 0.25) is 0 Å². The van der Waals surface area contributed by atoms with Crippen LogP contribution in [0.5, 0.6) is 0 Å². The number of nitrogens with zero attached hydrogens (tertiary/aromatic N) is 2. The third kappa shape index (κ3) is 3.64. The van der Waals surface area contributed by atoms with Gasteiger partial charge in [-0.1, -0.05) is 0 Å². The van der Waals surface area contributed by atoms with E-state index >= 15 is 0 Å². The third-order valence-corrected chi connectivity index (χ3v) is 4.41. The summed E-state index contributed by atoms with van der Waals surface area (Å²) < 4.78 is 0. The van der Waals surface area contributed by atoms with Crippen LogP contribution in [0.25, 0.3) is 10.9 Å². The fourth-order valence-corrected chi connectivity index (χ4v) is 3.00. The predicted octanol–water partition coefficient (Wildman–Crippen LogP) is 2.96. The lowest BCUT2D eigenvalue weighted by Gasteiger charge is -2.28. The number of benzene rings is 1. The number of piperidine rings is 1. The molecule has 4 heteroatoms. The van der Waals surface area contributed by atoms with E-state index in [1.54, 1.807) is 0 Å². The second-order valence-electron chi connectivity index (χ2n) is 6.11. The van der Waals surface area contributed by atoms with Gasteiger partial charge in [-0.2, -0.15) is 0 Å². The van der Waals surface area contributed by atoms with E-state index in [1.807, 2.05) is 24.3 Å². The SMILES string of the molecule is CN1CCC(CCNc2ccc3cc(N)ccc3n2)CC1. The van der Waals surface area contributed by atoms with E-state index in [9.17, 15) is 0 Å². The Labute approximate surface area is 126 Å². The van der Waals surface area contributed by atoms with Crippen LogP contribution in [0.4, 0.5) is 11.5 Å². The molecule has 4 nitrogen and oxygen atoms in total. The molecule has 0 radical (unpaired) electrons. The van der Waals surface area contributed by atoms with Crippen LogP contribution >= 0.6 is 0 Å². The number of pyridine rings is 1. The summed E-state index contributed by atoms with van der Waals surface area (Å²) >= 11 is 0. The Morgan fingerprint density at radius 2 is 2.05 bits per heavy atom. The van der Waals surface area contributed by atoms with Crippen molar-refractivity contribution in [2.24, 2.45) is 5.92 Å². The molecule has 2 heterocycles. The van der Waals surface area contributed by atoms with Gasteiger partial charge in [0, 0.05) is 17.6 Å². The first-order valence-corrected chi connectivity index (χ1v) is 7.79. The average molecular weight is 284 g/mol. The first kappa shape index (κ1) is 14.1. The molecule has 1 aliphatic heterocycles. The molecule has 21 heavy (non-hydrogen) atoms. The Hall–Kier alpha value is -1.81. The van der Waals surface area contributed by atoms with Gasteiger partial charge in [0.1, 0.15) is 5.82 Å². The smallest absolute Gasteiger partial charge is 0.126 e. The van der Waals surface area contributed by atoms with Gasteiger partial charge in [0.05, 0.1) is 5.52 Å². The maximum atomic E-state index is 5.79. The molecule has 112 valence electrons. The minimum atomic E-state index is 0.785. The number of nitrogens with one attached hydrogen (secondary N) is 1. The van der Waals surface area contributed by atoms with Gasteiger partial charge in [-0.3, -0.25) is 0 Å². The molecule has 1 fully saturated rings. The van der Waals surface area contributed by atoms with Gasteiger partial charge in [0.15, 0.2) is 0 Å². The van der Waals surface area contributed by atoms with Crippen LogP contribution in [0.2, 0.25) is 0 Å². The highest BCUT2D eigenvalue weighted by molar-refractivity contribution is 5.83. The molecule has 3 rings (SSSR count). The maximum absolute atomic E-state index is 5.79. The Kier molecular flexibility index (Phi) is 4.25. The summed E-state index contributed by atoms with van der Waals surface area (Å²) in [6.45, 7) is 3.47. The largest absolute Gasteiger partial charge is 0.399 e. The fourth-order valence-electron chi connectivity index (χ4n) is 3.00. The highest BCUT2D eigenvalue weighted by atomic mass is 15.1. The summed E-state index contributed by atoms with van der Waals surface area (Å²) in [4.78, 5) is 7.05. The summed E-state index contributed by atoms with van der Waals surface area (Å²) in [6, 6.07) is 9.96.